The maximum Gasteiger partial charge on any atom is 0.350 e. The second kappa shape index (κ2) is 5.95. The molecule has 8 nitrogen and oxygen atoms in total. The predicted octanol–water partition coefficient (Wildman–Crippen LogP) is 0.718. The number of nitrogens with one attached hydrogen (secondary N) is 1. The van der Waals surface area contributed by atoms with Gasteiger partial charge in [-0.25, -0.2) is 4.79 Å². The van der Waals surface area contributed by atoms with Crippen molar-refractivity contribution in [2.24, 2.45) is 0 Å². The molecule has 0 bridgehead atoms. The molecule has 0 spiro atoms. The first-order chi connectivity index (χ1) is 9.99. The van der Waals surface area contributed by atoms with Gasteiger partial charge in [0.2, 0.25) is 0 Å². The molecule has 0 unspecified atom stereocenters. The quantitative estimate of drug-likeness (QED) is 0.494. The molecule has 1 aromatic heterocycles. The Balaban J connectivity index is 2.19. The number of H-pyrrole nitrogens is 1. The molecule has 0 aliphatic rings. The Kier molecular flexibility index (Phi) is 4.07. The van der Waals surface area contributed by atoms with Crippen LogP contribution in [-0.2, 0) is 6.54 Å². The summed E-state index contributed by atoms with van der Waals surface area (Å²) in [4.78, 5) is 46.3. The van der Waals surface area contributed by atoms with Crippen LogP contribution in [0.3, 0.4) is 0 Å². The molecular weight excluding hydrogens is 278 g/mol. The third kappa shape index (κ3) is 3.30. The Morgan fingerprint density at radius 2 is 1.90 bits per heavy atom. The molecule has 1 aromatic carbocycles. The second-order valence-corrected chi connectivity index (χ2v) is 4.26. The fourth-order valence-corrected chi connectivity index (χ4v) is 1.78. The predicted molar refractivity (Wildman–Crippen MR) is 73.4 cm³/mol. The first-order valence-corrected chi connectivity index (χ1v) is 6.05. The van der Waals surface area contributed by atoms with Crippen LogP contribution in [0.4, 0.5) is 5.69 Å². The highest BCUT2D eigenvalue weighted by atomic mass is 16.6. The summed E-state index contributed by atoms with van der Waals surface area (Å²) in [5.74, 6) is -0.198. The number of hydrogen-bond acceptors (Lipinski definition) is 5. The van der Waals surface area contributed by atoms with Crippen LogP contribution in [0, 0.1) is 10.1 Å². The maximum absolute atomic E-state index is 11.9. The normalized spacial score (nSPS) is 10.3. The smallest absolute Gasteiger partial charge is 0.294 e. The van der Waals surface area contributed by atoms with Crippen LogP contribution in [0.25, 0.3) is 0 Å². The number of ketones is 1. The largest absolute Gasteiger partial charge is 0.350 e. The van der Waals surface area contributed by atoms with Crippen LogP contribution >= 0.6 is 0 Å². The molecular formula is C13H11N3O5. The van der Waals surface area contributed by atoms with Gasteiger partial charge in [0.1, 0.15) is 0 Å². The third-order valence-electron chi connectivity index (χ3n) is 2.86. The average molecular weight is 289 g/mol. The molecule has 2 aromatic rings. The van der Waals surface area contributed by atoms with Crippen molar-refractivity contribution in [2.45, 2.75) is 13.0 Å². The Hall–Kier alpha value is -3.03. The average Bonchev–Trinajstić information content (AvgIpc) is 2.46. The number of nitro groups is 1. The van der Waals surface area contributed by atoms with E-state index in [2.05, 4.69) is 0 Å². The zero-order valence-electron chi connectivity index (χ0n) is 10.8. The minimum absolute atomic E-state index is 0.00683. The van der Waals surface area contributed by atoms with Gasteiger partial charge in [-0.15, -0.1) is 0 Å². The molecule has 0 amide bonds. The molecule has 0 aliphatic carbocycles. The van der Waals surface area contributed by atoms with Gasteiger partial charge in [-0.2, -0.15) is 0 Å². The number of aryl methyl sites for hydroxylation is 1. The maximum atomic E-state index is 11.9. The van der Waals surface area contributed by atoms with Crippen LogP contribution in [0.15, 0.2) is 46.1 Å². The van der Waals surface area contributed by atoms with E-state index in [1.807, 2.05) is 4.98 Å². The van der Waals surface area contributed by atoms with Gasteiger partial charge in [-0.1, -0.05) is 30.3 Å². The van der Waals surface area contributed by atoms with Crippen molar-refractivity contribution >= 4 is 11.5 Å². The van der Waals surface area contributed by atoms with E-state index in [-0.39, 0.29) is 18.7 Å². The number of aromatic nitrogens is 2. The van der Waals surface area contributed by atoms with E-state index in [1.165, 1.54) is 0 Å². The minimum atomic E-state index is -1.06. The number of Topliss-reactive ketones (excluding diaryl/α,β-unsaturated/α-hetero) is 1. The molecule has 1 N–H and O–H groups in total. The number of nitrogens with zero attached hydrogens (tertiary/aromatic N) is 2. The molecule has 0 saturated carbocycles. The van der Waals surface area contributed by atoms with Gasteiger partial charge in [0.25, 0.3) is 0 Å². The van der Waals surface area contributed by atoms with Gasteiger partial charge in [0.05, 0.1) is 11.1 Å². The van der Waals surface area contributed by atoms with E-state index >= 15 is 0 Å². The van der Waals surface area contributed by atoms with Gasteiger partial charge in [0.15, 0.2) is 5.78 Å². The summed E-state index contributed by atoms with van der Waals surface area (Å²) in [5.41, 5.74) is -2.09. The number of rotatable bonds is 5. The van der Waals surface area contributed by atoms with E-state index in [9.17, 15) is 24.5 Å². The molecule has 0 fully saturated rings. The summed E-state index contributed by atoms with van der Waals surface area (Å²) in [5, 5.41) is 10.6. The summed E-state index contributed by atoms with van der Waals surface area (Å²) < 4.78 is 0.945. The molecule has 21 heavy (non-hydrogen) atoms. The van der Waals surface area contributed by atoms with E-state index < -0.39 is 21.9 Å². The number of benzene rings is 1. The molecule has 0 saturated heterocycles. The second-order valence-electron chi connectivity index (χ2n) is 4.26. The topological polar surface area (TPSA) is 115 Å². The van der Waals surface area contributed by atoms with Crippen molar-refractivity contribution in [1.29, 1.82) is 0 Å². The zero-order valence-corrected chi connectivity index (χ0v) is 10.8. The lowest BCUT2D eigenvalue weighted by atomic mass is 10.1. The highest BCUT2D eigenvalue weighted by Gasteiger charge is 2.15. The van der Waals surface area contributed by atoms with Gasteiger partial charge >= 0.3 is 16.9 Å². The number of carbonyl (C=O) groups excluding carboxylic acids is 1. The van der Waals surface area contributed by atoms with Gasteiger partial charge in [-0.3, -0.25) is 29.3 Å². The van der Waals surface area contributed by atoms with E-state index in [0.29, 0.717) is 5.56 Å². The van der Waals surface area contributed by atoms with Crippen LogP contribution in [-0.4, -0.2) is 20.3 Å². The standard InChI is InChI=1S/C13H11N3O5/c17-11(9-4-2-1-3-5-9)6-7-15-8-10(16(20)21)12(18)14-13(15)19/h1-5,8H,6-7H2,(H,14,18,19). The monoisotopic (exact) mass is 289 g/mol. The lowest BCUT2D eigenvalue weighted by Gasteiger charge is -2.04. The van der Waals surface area contributed by atoms with Crippen LogP contribution in [0.1, 0.15) is 16.8 Å². The van der Waals surface area contributed by atoms with E-state index in [0.717, 1.165) is 10.8 Å². The van der Waals surface area contributed by atoms with Crippen molar-refractivity contribution in [1.82, 2.24) is 9.55 Å². The number of hydrogen-bond donors (Lipinski definition) is 1. The van der Waals surface area contributed by atoms with Gasteiger partial charge in [-0.05, 0) is 0 Å². The van der Waals surface area contributed by atoms with E-state index in [4.69, 9.17) is 0 Å². The summed E-state index contributed by atoms with van der Waals surface area (Å²) >= 11 is 0. The molecule has 0 radical (unpaired) electrons. The lowest BCUT2D eigenvalue weighted by molar-refractivity contribution is -0.386. The van der Waals surface area contributed by atoms with Crippen molar-refractivity contribution in [3.63, 3.8) is 0 Å². The summed E-state index contributed by atoms with van der Waals surface area (Å²) in [6.45, 7) is -0.0514. The number of aromatic amines is 1. The lowest BCUT2D eigenvalue weighted by Crippen LogP contribution is -2.31. The summed E-state index contributed by atoms with van der Waals surface area (Å²) in [6, 6.07) is 8.47. The first-order valence-electron chi connectivity index (χ1n) is 6.05. The van der Waals surface area contributed by atoms with Crippen molar-refractivity contribution in [3.05, 3.63) is 73.0 Å². The minimum Gasteiger partial charge on any atom is -0.294 e. The number of carbonyl (C=O) groups is 1. The fourth-order valence-electron chi connectivity index (χ4n) is 1.78. The molecule has 0 aliphatic heterocycles. The Bertz CT molecular complexity index is 791. The van der Waals surface area contributed by atoms with Crippen LogP contribution < -0.4 is 11.2 Å². The Morgan fingerprint density at radius 1 is 1.24 bits per heavy atom. The van der Waals surface area contributed by atoms with E-state index in [1.54, 1.807) is 30.3 Å². The molecule has 8 heteroatoms. The molecule has 2 rings (SSSR count). The third-order valence-corrected chi connectivity index (χ3v) is 2.86. The van der Waals surface area contributed by atoms with Crippen LogP contribution in [0.5, 0.6) is 0 Å². The Morgan fingerprint density at radius 3 is 2.52 bits per heavy atom. The molecule has 1 heterocycles. The summed E-state index contributed by atoms with van der Waals surface area (Å²) in [7, 11) is 0. The Labute approximate surface area is 117 Å². The van der Waals surface area contributed by atoms with Crippen molar-refractivity contribution in [3.8, 4) is 0 Å². The highest BCUT2D eigenvalue weighted by Crippen LogP contribution is 2.05. The van der Waals surface area contributed by atoms with Crippen molar-refractivity contribution in [2.75, 3.05) is 0 Å². The fraction of sp³-hybridized carbons (Fsp3) is 0.154. The van der Waals surface area contributed by atoms with Crippen LogP contribution in [0.2, 0.25) is 0 Å². The van der Waals surface area contributed by atoms with Gasteiger partial charge in [0, 0.05) is 18.5 Å². The molecule has 0 atom stereocenters. The SMILES string of the molecule is O=C(CCn1cc([N+](=O)[O-])c(=O)[nH]c1=O)c1ccccc1. The van der Waals surface area contributed by atoms with Crippen molar-refractivity contribution < 1.29 is 9.72 Å². The first kappa shape index (κ1) is 14.4. The summed E-state index contributed by atoms with van der Waals surface area (Å²) in [6.07, 6.45) is 0.840. The highest BCUT2D eigenvalue weighted by molar-refractivity contribution is 5.95. The zero-order chi connectivity index (χ0) is 15.4. The molecule has 108 valence electrons. The van der Waals surface area contributed by atoms with Gasteiger partial charge < -0.3 is 0 Å².